The minimum absolute atomic E-state index is 0.0707. The summed E-state index contributed by atoms with van der Waals surface area (Å²) >= 11 is 6.22. The fourth-order valence-corrected chi connectivity index (χ4v) is 2.61. The fraction of sp³-hybridized carbons (Fsp3) is 0.429. The summed E-state index contributed by atoms with van der Waals surface area (Å²) in [5.41, 5.74) is 1.17. The quantitative estimate of drug-likeness (QED) is 0.849. The van der Waals surface area contributed by atoms with E-state index in [1.807, 2.05) is 24.4 Å². The van der Waals surface area contributed by atoms with E-state index in [0.717, 1.165) is 43.0 Å². The average molecular weight is 266 g/mol. The number of aromatic nitrogens is 1. The van der Waals surface area contributed by atoms with Gasteiger partial charge in [-0.2, -0.15) is 0 Å². The lowest BCUT2D eigenvalue weighted by Crippen LogP contribution is -2.25. The number of hydrogen-bond acceptors (Lipinski definition) is 2. The van der Waals surface area contributed by atoms with Gasteiger partial charge in [-0.3, -0.25) is 0 Å². The fourth-order valence-electron chi connectivity index (χ4n) is 2.33. The zero-order valence-electron chi connectivity index (χ0n) is 10.1. The molecule has 0 aliphatic carbocycles. The lowest BCUT2D eigenvalue weighted by Gasteiger charge is -2.23. The zero-order chi connectivity index (χ0) is 12.4. The maximum atomic E-state index is 6.22. The predicted octanol–water partition coefficient (Wildman–Crippen LogP) is 3.45. The van der Waals surface area contributed by atoms with E-state index in [2.05, 4.69) is 10.6 Å². The largest absolute Gasteiger partial charge is 0.353 e. The molecule has 0 unspecified atom stereocenters. The molecule has 3 nitrogen and oxygen atoms in total. The topological polar surface area (TPSA) is 23.4 Å². The molecule has 2 aromatic rings. The van der Waals surface area contributed by atoms with Gasteiger partial charge in [0, 0.05) is 30.1 Å². The number of hydrogen-bond donors (Lipinski definition) is 0. The van der Waals surface area contributed by atoms with Gasteiger partial charge < -0.3 is 14.0 Å². The molecular weight excluding hydrogens is 250 g/mol. The monoisotopic (exact) mass is 265 g/mol. The number of aryl methyl sites for hydroxylation is 1. The van der Waals surface area contributed by atoms with Crippen molar-refractivity contribution >= 4 is 22.5 Å². The second-order valence-corrected chi connectivity index (χ2v) is 4.91. The van der Waals surface area contributed by atoms with Crippen LogP contribution >= 0.6 is 11.6 Å². The molecule has 1 aromatic carbocycles. The standard InChI is InChI=1S/C14H16ClNO2/c15-12-10-16(13-5-2-1-4-11(12)13)7-6-14-17-8-3-9-18-14/h1-2,4-5,10,14H,3,6-9H2. The lowest BCUT2D eigenvalue weighted by atomic mass is 10.2. The molecule has 0 atom stereocenters. The Hall–Kier alpha value is -1.03. The third kappa shape index (κ3) is 2.39. The zero-order valence-corrected chi connectivity index (χ0v) is 10.9. The molecule has 0 bridgehead atoms. The summed E-state index contributed by atoms with van der Waals surface area (Å²) in [7, 11) is 0. The van der Waals surface area contributed by atoms with Crippen LogP contribution in [0.25, 0.3) is 10.9 Å². The third-order valence-electron chi connectivity index (χ3n) is 3.24. The summed E-state index contributed by atoms with van der Waals surface area (Å²) in [6.07, 6.45) is 3.76. The van der Waals surface area contributed by atoms with Gasteiger partial charge in [0.1, 0.15) is 0 Å². The average Bonchev–Trinajstić information content (AvgIpc) is 2.75. The van der Waals surface area contributed by atoms with Crippen molar-refractivity contribution in [2.45, 2.75) is 25.7 Å². The molecule has 1 aliphatic heterocycles. The lowest BCUT2D eigenvalue weighted by molar-refractivity contribution is -0.182. The van der Waals surface area contributed by atoms with Crippen molar-refractivity contribution in [3.05, 3.63) is 35.5 Å². The molecule has 1 aliphatic rings. The summed E-state index contributed by atoms with van der Waals surface area (Å²) in [5.74, 6) is 0. The summed E-state index contributed by atoms with van der Waals surface area (Å²) in [5, 5.41) is 1.90. The van der Waals surface area contributed by atoms with Gasteiger partial charge in [0.15, 0.2) is 6.29 Å². The number of para-hydroxylation sites is 1. The van der Waals surface area contributed by atoms with Crippen molar-refractivity contribution in [3.8, 4) is 0 Å². The van der Waals surface area contributed by atoms with Crippen LogP contribution in [-0.2, 0) is 16.0 Å². The molecule has 0 saturated carbocycles. The van der Waals surface area contributed by atoms with Gasteiger partial charge in [0.25, 0.3) is 0 Å². The third-order valence-corrected chi connectivity index (χ3v) is 3.54. The van der Waals surface area contributed by atoms with Crippen molar-refractivity contribution in [3.63, 3.8) is 0 Å². The van der Waals surface area contributed by atoms with Gasteiger partial charge >= 0.3 is 0 Å². The Morgan fingerprint density at radius 2 is 2.00 bits per heavy atom. The van der Waals surface area contributed by atoms with Gasteiger partial charge in [0.2, 0.25) is 0 Å². The predicted molar refractivity (Wildman–Crippen MR) is 71.9 cm³/mol. The Kier molecular flexibility index (Phi) is 3.55. The van der Waals surface area contributed by atoms with Crippen LogP contribution in [0.4, 0.5) is 0 Å². The highest BCUT2D eigenvalue weighted by Crippen LogP contribution is 2.26. The highest BCUT2D eigenvalue weighted by atomic mass is 35.5. The first-order valence-electron chi connectivity index (χ1n) is 6.31. The molecule has 18 heavy (non-hydrogen) atoms. The van der Waals surface area contributed by atoms with Crippen LogP contribution in [0.15, 0.2) is 30.5 Å². The van der Waals surface area contributed by atoms with Crippen LogP contribution in [0.5, 0.6) is 0 Å². The van der Waals surface area contributed by atoms with Crippen LogP contribution in [0.3, 0.4) is 0 Å². The Morgan fingerprint density at radius 3 is 2.83 bits per heavy atom. The van der Waals surface area contributed by atoms with Gasteiger partial charge in [-0.25, -0.2) is 0 Å². The van der Waals surface area contributed by atoms with E-state index >= 15 is 0 Å². The Balaban J connectivity index is 1.74. The first kappa shape index (κ1) is 12.0. The molecule has 96 valence electrons. The van der Waals surface area contributed by atoms with Crippen LogP contribution < -0.4 is 0 Å². The molecule has 0 spiro atoms. The molecule has 2 heterocycles. The number of nitrogens with zero attached hydrogens (tertiary/aromatic N) is 1. The minimum atomic E-state index is -0.0707. The van der Waals surface area contributed by atoms with E-state index in [4.69, 9.17) is 21.1 Å². The second kappa shape index (κ2) is 5.31. The van der Waals surface area contributed by atoms with Crippen LogP contribution in [0.2, 0.25) is 5.02 Å². The van der Waals surface area contributed by atoms with E-state index in [-0.39, 0.29) is 6.29 Å². The first-order chi connectivity index (χ1) is 8.84. The summed E-state index contributed by atoms with van der Waals surface area (Å²) in [6.45, 7) is 2.47. The maximum absolute atomic E-state index is 6.22. The van der Waals surface area contributed by atoms with E-state index < -0.39 is 0 Å². The second-order valence-electron chi connectivity index (χ2n) is 4.50. The summed E-state index contributed by atoms with van der Waals surface area (Å²) < 4.78 is 13.3. The van der Waals surface area contributed by atoms with Gasteiger partial charge in [0.05, 0.1) is 18.2 Å². The van der Waals surface area contributed by atoms with E-state index in [9.17, 15) is 0 Å². The van der Waals surface area contributed by atoms with Gasteiger partial charge in [-0.05, 0) is 12.5 Å². The van der Waals surface area contributed by atoms with Crippen LogP contribution in [0.1, 0.15) is 12.8 Å². The number of fused-ring (bicyclic) bond motifs is 1. The molecule has 1 fully saturated rings. The van der Waals surface area contributed by atoms with Crippen molar-refractivity contribution in [2.24, 2.45) is 0 Å². The SMILES string of the molecule is Clc1cn(CCC2OCCCO2)c2ccccc12. The minimum Gasteiger partial charge on any atom is -0.353 e. The number of benzene rings is 1. The van der Waals surface area contributed by atoms with Crippen LogP contribution in [0, 0.1) is 0 Å². The van der Waals surface area contributed by atoms with Crippen molar-refractivity contribution < 1.29 is 9.47 Å². The molecular formula is C14H16ClNO2. The van der Waals surface area contributed by atoms with E-state index in [0.29, 0.717) is 0 Å². The van der Waals surface area contributed by atoms with Crippen molar-refractivity contribution in [2.75, 3.05) is 13.2 Å². The van der Waals surface area contributed by atoms with E-state index in [1.165, 1.54) is 5.52 Å². The number of rotatable bonds is 3. The molecule has 1 saturated heterocycles. The highest BCUT2D eigenvalue weighted by molar-refractivity contribution is 6.35. The smallest absolute Gasteiger partial charge is 0.159 e. The maximum Gasteiger partial charge on any atom is 0.159 e. The number of halogens is 1. The molecule has 0 N–H and O–H groups in total. The Morgan fingerprint density at radius 1 is 1.22 bits per heavy atom. The molecule has 1 aromatic heterocycles. The molecule has 4 heteroatoms. The Bertz CT molecular complexity index is 532. The first-order valence-corrected chi connectivity index (χ1v) is 6.69. The van der Waals surface area contributed by atoms with Crippen molar-refractivity contribution in [1.82, 2.24) is 4.57 Å². The molecule has 0 radical (unpaired) electrons. The highest BCUT2D eigenvalue weighted by Gasteiger charge is 2.14. The molecule has 3 rings (SSSR count). The van der Waals surface area contributed by atoms with Gasteiger partial charge in [-0.15, -0.1) is 0 Å². The normalized spacial score (nSPS) is 17.4. The van der Waals surface area contributed by atoms with E-state index in [1.54, 1.807) is 0 Å². The molecule has 0 amide bonds. The summed E-state index contributed by atoms with van der Waals surface area (Å²) in [4.78, 5) is 0. The number of ether oxygens (including phenoxy) is 2. The Labute approximate surface area is 111 Å². The summed E-state index contributed by atoms with van der Waals surface area (Å²) in [6, 6.07) is 8.17. The van der Waals surface area contributed by atoms with Crippen LogP contribution in [-0.4, -0.2) is 24.1 Å². The van der Waals surface area contributed by atoms with Crippen molar-refractivity contribution in [1.29, 1.82) is 0 Å². The van der Waals surface area contributed by atoms with Gasteiger partial charge in [-0.1, -0.05) is 29.8 Å².